The molecule has 0 radical (unpaired) electrons. The lowest BCUT2D eigenvalue weighted by atomic mass is 10.0. The monoisotopic (exact) mass is 195 g/mol. The summed E-state index contributed by atoms with van der Waals surface area (Å²) < 4.78 is 0. The van der Waals surface area contributed by atoms with Gasteiger partial charge in [-0.1, -0.05) is 12.8 Å². The molecule has 0 aliphatic heterocycles. The van der Waals surface area contributed by atoms with Crippen LogP contribution in [0, 0.1) is 5.92 Å². The fourth-order valence-electron chi connectivity index (χ4n) is 2.12. The number of anilines is 2. The lowest BCUT2D eigenvalue weighted by molar-refractivity contribution is 0.480. The van der Waals surface area contributed by atoms with Crippen LogP contribution in [0.25, 0.3) is 0 Å². The Morgan fingerprint density at radius 3 is 2.79 bits per heavy atom. The second-order valence-corrected chi connectivity index (χ2v) is 4.02. The first-order valence-corrected chi connectivity index (χ1v) is 5.20. The third-order valence-electron chi connectivity index (χ3n) is 2.97. The maximum atomic E-state index is 5.44. The molecular weight excluding hydrogens is 178 g/mol. The molecule has 5 heteroatoms. The highest BCUT2D eigenvalue weighted by Crippen LogP contribution is 2.28. The quantitative estimate of drug-likeness (QED) is 0.680. The van der Waals surface area contributed by atoms with Crippen LogP contribution in [0.5, 0.6) is 0 Å². The molecule has 5 nitrogen and oxygen atoms in total. The van der Waals surface area contributed by atoms with Crippen LogP contribution in [0.1, 0.15) is 32.6 Å². The Morgan fingerprint density at radius 1 is 1.50 bits per heavy atom. The summed E-state index contributed by atoms with van der Waals surface area (Å²) in [4.78, 5) is 4.02. The topological polar surface area (TPSA) is 79.6 Å². The van der Waals surface area contributed by atoms with Gasteiger partial charge >= 0.3 is 0 Å². The highest BCUT2D eigenvalue weighted by atomic mass is 15.3. The van der Waals surface area contributed by atoms with Crippen LogP contribution in [0.15, 0.2) is 0 Å². The van der Waals surface area contributed by atoms with Crippen molar-refractivity contribution in [1.82, 2.24) is 15.2 Å². The lowest BCUT2D eigenvalue weighted by Crippen LogP contribution is -2.24. The lowest BCUT2D eigenvalue weighted by Gasteiger charge is -2.18. The summed E-state index contributed by atoms with van der Waals surface area (Å²) in [6, 6.07) is 0.438. The summed E-state index contributed by atoms with van der Waals surface area (Å²) in [6.45, 7) is 2.18. The molecule has 1 unspecified atom stereocenters. The van der Waals surface area contributed by atoms with E-state index in [2.05, 4.69) is 27.4 Å². The molecule has 0 bridgehead atoms. The summed E-state index contributed by atoms with van der Waals surface area (Å²) in [5, 5.41) is 9.84. The van der Waals surface area contributed by atoms with Crippen molar-refractivity contribution in [3.63, 3.8) is 0 Å². The molecule has 1 saturated carbocycles. The van der Waals surface area contributed by atoms with Crippen LogP contribution in [-0.4, -0.2) is 21.2 Å². The Balaban J connectivity index is 1.90. The number of hydrogen-bond acceptors (Lipinski definition) is 4. The number of aromatic nitrogens is 3. The Labute approximate surface area is 83.5 Å². The van der Waals surface area contributed by atoms with E-state index in [-0.39, 0.29) is 0 Å². The number of nitrogens with two attached hydrogens (primary N) is 1. The van der Waals surface area contributed by atoms with Crippen LogP contribution >= 0.6 is 0 Å². The third-order valence-corrected chi connectivity index (χ3v) is 2.97. The fourth-order valence-corrected chi connectivity index (χ4v) is 2.12. The van der Waals surface area contributed by atoms with Gasteiger partial charge in [0.05, 0.1) is 0 Å². The van der Waals surface area contributed by atoms with Crippen LogP contribution in [0.2, 0.25) is 0 Å². The van der Waals surface area contributed by atoms with Gasteiger partial charge in [0.2, 0.25) is 11.9 Å². The van der Waals surface area contributed by atoms with Crippen molar-refractivity contribution >= 4 is 11.9 Å². The van der Waals surface area contributed by atoms with Crippen molar-refractivity contribution < 1.29 is 0 Å². The van der Waals surface area contributed by atoms with Gasteiger partial charge in [-0.05, 0) is 25.7 Å². The van der Waals surface area contributed by atoms with Gasteiger partial charge in [0, 0.05) is 6.04 Å². The van der Waals surface area contributed by atoms with Gasteiger partial charge in [0.1, 0.15) is 0 Å². The summed E-state index contributed by atoms with van der Waals surface area (Å²) in [5.41, 5.74) is 5.44. The van der Waals surface area contributed by atoms with Crippen molar-refractivity contribution in [2.75, 3.05) is 11.1 Å². The van der Waals surface area contributed by atoms with E-state index in [9.17, 15) is 0 Å². The summed E-state index contributed by atoms with van der Waals surface area (Å²) in [6.07, 6.45) is 5.34. The second-order valence-electron chi connectivity index (χ2n) is 4.02. The Morgan fingerprint density at radius 2 is 2.21 bits per heavy atom. The number of rotatable bonds is 3. The molecule has 1 aliphatic rings. The first kappa shape index (κ1) is 9.30. The first-order chi connectivity index (χ1) is 6.75. The molecule has 1 aromatic heterocycles. The molecule has 1 aliphatic carbocycles. The smallest absolute Gasteiger partial charge is 0.243 e. The molecule has 0 amide bonds. The van der Waals surface area contributed by atoms with E-state index in [1.807, 2.05) is 0 Å². The number of nitrogens with one attached hydrogen (secondary N) is 2. The fraction of sp³-hybridized carbons (Fsp3) is 0.778. The van der Waals surface area contributed by atoms with Crippen molar-refractivity contribution in [1.29, 1.82) is 0 Å². The third kappa shape index (κ3) is 1.97. The normalized spacial score (nSPS) is 19.8. The van der Waals surface area contributed by atoms with E-state index in [0.717, 1.165) is 5.92 Å². The zero-order chi connectivity index (χ0) is 9.97. The van der Waals surface area contributed by atoms with Crippen LogP contribution in [0.4, 0.5) is 11.9 Å². The predicted molar refractivity (Wildman–Crippen MR) is 55.8 cm³/mol. The number of H-pyrrole nitrogens is 1. The number of nitrogen functional groups attached to an aromatic ring is 1. The Hall–Kier alpha value is -1.26. The molecule has 1 heterocycles. The van der Waals surface area contributed by atoms with Gasteiger partial charge < -0.3 is 11.1 Å². The predicted octanol–water partition coefficient (Wildman–Crippen LogP) is 1.38. The second kappa shape index (κ2) is 3.86. The van der Waals surface area contributed by atoms with E-state index < -0.39 is 0 Å². The van der Waals surface area contributed by atoms with Gasteiger partial charge in [-0.25, -0.2) is 5.10 Å². The van der Waals surface area contributed by atoms with E-state index in [1.54, 1.807) is 0 Å². The van der Waals surface area contributed by atoms with Crippen molar-refractivity contribution in [2.24, 2.45) is 5.92 Å². The molecular formula is C9H17N5. The van der Waals surface area contributed by atoms with Crippen LogP contribution in [0.3, 0.4) is 0 Å². The molecule has 78 valence electrons. The highest BCUT2D eigenvalue weighted by Gasteiger charge is 2.21. The molecule has 0 saturated heterocycles. The van der Waals surface area contributed by atoms with Crippen molar-refractivity contribution in [3.8, 4) is 0 Å². The molecule has 1 atom stereocenters. The maximum Gasteiger partial charge on any atom is 0.243 e. The average Bonchev–Trinajstić information content (AvgIpc) is 2.75. The van der Waals surface area contributed by atoms with Crippen molar-refractivity contribution in [2.45, 2.75) is 38.6 Å². The Bertz CT molecular complexity index is 289. The minimum Gasteiger partial charge on any atom is -0.368 e. The average molecular weight is 195 g/mol. The Kier molecular flexibility index (Phi) is 2.56. The van der Waals surface area contributed by atoms with Gasteiger partial charge in [-0.2, -0.15) is 4.98 Å². The molecule has 2 rings (SSSR count). The SMILES string of the molecule is CC(Nc1n[nH]c(N)n1)C1CCCC1. The van der Waals surface area contributed by atoms with E-state index >= 15 is 0 Å². The molecule has 4 N–H and O–H groups in total. The maximum absolute atomic E-state index is 5.44. The standard InChI is InChI=1S/C9H17N5/c1-6(7-4-2-3-5-7)11-9-12-8(10)13-14-9/h6-7H,2-5H2,1H3,(H4,10,11,12,13,14). The van der Waals surface area contributed by atoms with Gasteiger partial charge in [0.25, 0.3) is 0 Å². The van der Waals surface area contributed by atoms with Gasteiger partial charge in [-0.15, -0.1) is 5.10 Å². The number of nitrogens with zero attached hydrogens (tertiary/aromatic N) is 2. The van der Waals surface area contributed by atoms with Crippen molar-refractivity contribution in [3.05, 3.63) is 0 Å². The summed E-state index contributed by atoms with van der Waals surface area (Å²) >= 11 is 0. The van der Waals surface area contributed by atoms with Crippen LogP contribution < -0.4 is 11.1 Å². The zero-order valence-electron chi connectivity index (χ0n) is 8.45. The largest absolute Gasteiger partial charge is 0.368 e. The minimum absolute atomic E-state index is 0.367. The number of hydrogen-bond donors (Lipinski definition) is 3. The first-order valence-electron chi connectivity index (χ1n) is 5.20. The summed E-state index contributed by atoms with van der Waals surface area (Å²) in [7, 11) is 0. The minimum atomic E-state index is 0.367. The molecule has 1 aromatic rings. The molecule has 0 aromatic carbocycles. The summed E-state index contributed by atoms with van der Waals surface area (Å²) in [5.74, 6) is 1.74. The number of aromatic amines is 1. The van der Waals surface area contributed by atoms with E-state index in [0.29, 0.717) is 17.9 Å². The zero-order valence-corrected chi connectivity index (χ0v) is 8.45. The van der Waals surface area contributed by atoms with Gasteiger partial charge in [0.15, 0.2) is 0 Å². The van der Waals surface area contributed by atoms with Gasteiger partial charge in [-0.3, -0.25) is 0 Å². The molecule has 0 spiro atoms. The van der Waals surface area contributed by atoms with E-state index in [4.69, 9.17) is 5.73 Å². The van der Waals surface area contributed by atoms with E-state index in [1.165, 1.54) is 25.7 Å². The molecule has 14 heavy (non-hydrogen) atoms. The highest BCUT2D eigenvalue weighted by molar-refractivity contribution is 5.30. The van der Waals surface area contributed by atoms with Crippen LogP contribution in [-0.2, 0) is 0 Å². The molecule has 1 fully saturated rings.